The van der Waals surface area contributed by atoms with Gasteiger partial charge in [0.15, 0.2) is 6.10 Å². The third kappa shape index (κ3) is 7.60. The number of β-lactam (4-membered cyclic amide) rings is 1. The van der Waals surface area contributed by atoms with Gasteiger partial charge in [-0.1, -0.05) is 42.1 Å². The topological polar surface area (TPSA) is 206 Å². The van der Waals surface area contributed by atoms with E-state index in [0.717, 1.165) is 16.7 Å². The maximum Gasteiger partial charge on any atom is 1.00 e. The molecule has 3 atom stereocenters. The zero-order valence-corrected chi connectivity index (χ0v) is 26.0. The van der Waals surface area contributed by atoms with E-state index in [1.807, 2.05) is 0 Å². The Morgan fingerprint density at radius 3 is 2.57 bits per heavy atom. The fraction of sp³-hybridized carbons (Fsp3) is 0.316. The van der Waals surface area contributed by atoms with Crippen molar-refractivity contribution in [3.63, 3.8) is 0 Å². The summed E-state index contributed by atoms with van der Waals surface area (Å²) in [6, 6.07) is 7.11. The Morgan fingerprint density at radius 2 is 1.95 bits per heavy atom. The predicted molar refractivity (Wildman–Crippen MR) is 117 cm³/mol. The van der Waals surface area contributed by atoms with Crippen LogP contribution in [0, 0.1) is 0 Å². The number of fused-ring (bicyclic) bond motifs is 1. The summed E-state index contributed by atoms with van der Waals surface area (Å²) in [6.45, 7) is 0. The van der Waals surface area contributed by atoms with Crippen molar-refractivity contribution in [2.45, 2.75) is 28.5 Å². The van der Waals surface area contributed by atoms with Gasteiger partial charge in [0.1, 0.15) is 27.3 Å². The van der Waals surface area contributed by atoms with Crippen LogP contribution in [0.4, 0.5) is 0 Å². The van der Waals surface area contributed by atoms with Gasteiger partial charge in [-0.15, -0.1) is 22.0 Å². The normalized spacial score (nSPS) is 19.6. The minimum Gasteiger partial charge on any atom is -0.748 e. The second kappa shape index (κ2) is 13.4. The Hall–Kier alpha value is -0.920. The average molecular weight is 587 g/mol. The molecule has 1 saturated heterocycles. The van der Waals surface area contributed by atoms with Crippen molar-refractivity contribution >= 4 is 51.4 Å². The number of carbonyl (C=O) groups is 3. The molecule has 13 nitrogen and oxygen atoms in total. The number of aliphatic carboxylic acids is 1. The first kappa shape index (κ1) is 32.3. The molecule has 1 aromatic heterocycles. The fourth-order valence-electron chi connectivity index (χ4n) is 3.46. The first-order valence-corrected chi connectivity index (χ1v) is 13.5. The summed E-state index contributed by atoms with van der Waals surface area (Å²) in [5, 5.41) is 30.8. The molecule has 0 spiro atoms. The summed E-state index contributed by atoms with van der Waals surface area (Å²) in [4.78, 5) is 38.0. The number of thioether (sulfide) groups is 2. The van der Waals surface area contributed by atoms with Crippen LogP contribution in [0.1, 0.15) is 17.6 Å². The molecule has 186 valence electrons. The minimum atomic E-state index is -4.61. The second-order valence-corrected chi connectivity index (χ2v) is 10.8. The zero-order chi connectivity index (χ0) is 25.3. The van der Waals surface area contributed by atoms with Gasteiger partial charge in [-0.3, -0.25) is 14.5 Å². The van der Waals surface area contributed by atoms with Gasteiger partial charge >= 0.3 is 59.1 Å². The Bertz CT molecular complexity index is 1310. The van der Waals surface area contributed by atoms with Gasteiger partial charge in [0.05, 0.1) is 11.7 Å². The van der Waals surface area contributed by atoms with Crippen LogP contribution in [0.15, 0.2) is 51.2 Å². The van der Waals surface area contributed by atoms with Crippen molar-refractivity contribution in [2.24, 2.45) is 0 Å². The van der Waals surface area contributed by atoms with Crippen molar-refractivity contribution in [3.05, 3.63) is 53.1 Å². The fourth-order valence-corrected chi connectivity index (χ4v) is 6.14. The Balaban J connectivity index is 0.00000241. The Morgan fingerprint density at radius 1 is 1.27 bits per heavy atom. The minimum absolute atomic E-state index is 0. The molecular weight excluding hydrogens is 570 g/mol. The van der Waals surface area contributed by atoms with E-state index in [2.05, 4.69) is 15.5 Å². The first-order valence-electron chi connectivity index (χ1n) is 9.85. The summed E-state index contributed by atoms with van der Waals surface area (Å²) < 4.78 is 37.4. The number of aliphatic hydroxyl groups excluding tert-OH is 1. The van der Waals surface area contributed by atoms with Crippen LogP contribution >= 0.6 is 23.5 Å². The number of amides is 2. The van der Waals surface area contributed by atoms with Crippen molar-refractivity contribution in [1.29, 1.82) is 0 Å². The predicted octanol–water partition coefficient (Wildman–Crippen LogP) is -7.65. The van der Waals surface area contributed by atoms with Crippen LogP contribution in [0.25, 0.3) is 0 Å². The van der Waals surface area contributed by atoms with E-state index in [1.165, 1.54) is 11.8 Å². The van der Waals surface area contributed by atoms with E-state index in [9.17, 15) is 37.6 Å². The summed E-state index contributed by atoms with van der Waals surface area (Å²) in [5.74, 6) is -4.24. The van der Waals surface area contributed by atoms with E-state index >= 15 is 0 Å². The molecule has 0 aliphatic carbocycles. The van der Waals surface area contributed by atoms with Crippen LogP contribution in [0.3, 0.4) is 0 Å². The molecule has 0 bridgehead atoms. The zero-order valence-electron chi connectivity index (χ0n) is 19.5. The van der Waals surface area contributed by atoms with E-state index in [4.69, 9.17) is 4.42 Å². The molecule has 2 aliphatic rings. The molecule has 1 fully saturated rings. The third-order valence-electron chi connectivity index (χ3n) is 5.02. The monoisotopic (exact) mass is 586 g/mol. The number of benzene rings is 1. The SMILES string of the molecule is O=C([O-])C1=C(CSc2nnc(CS(=O)(=O)[O-])o2)CS[C@@H]2C(NC(=O)C(O)c3ccccc3)C(=O)N12.[Na+].[Na+]. The molecular formula is C19H16N4Na2O9S3. The molecule has 2 aliphatic heterocycles. The van der Waals surface area contributed by atoms with Crippen LogP contribution in [0.2, 0.25) is 0 Å². The number of nitrogens with one attached hydrogen (secondary N) is 1. The van der Waals surface area contributed by atoms with E-state index < -0.39 is 57.1 Å². The molecule has 4 rings (SSSR count). The van der Waals surface area contributed by atoms with Gasteiger partial charge in [0.2, 0.25) is 5.89 Å². The van der Waals surface area contributed by atoms with Crippen LogP contribution in [-0.4, -0.2) is 73.9 Å². The van der Waals surface area contributed by atoms with E-state index in [0.29, 0.717) is 11.1 Å². The average Bonchev–Trinajstić information content (AvgIpc) is 3.25. The van der Waals surface area contributed by atoms with Crippen LogP contribution < -0.4 is 69.5 Å². The number of carboxylic acid groups (broad SMARTS) is 1. The second-order valence-electron chi connectivity index (χ2n) is 7.40. The van der Waals surface area contributed by atoms with E-state index in [-0.39, 0.29) is 81.5 Å². The van der Waals surface area contributed by atoms with Gasteiger partial charge in [0.25, 0.3) is 17.0 Å². The number of hydrogen-bond acceptors (Lipinski definition) is 13. The third-order valence-corrected chi connectivity index (χ3v) is 7.87. The maximum atomic E-state index is 12.7. The molecule has 2 aromatic rings. The number of hydrogen-bond donors (Lipinski definition) is 2. The Kier molecular flexibility index (Phi) is 11.7. The Labute approximate surface area is 263 Å². The number of nitrogens with zero attached hydrogens (tertiary/aromatic N) is 3. The number of carboxylic acids is 1. The summed E-state index contributed by atoms with van der Waals surface area (Å²) in [6.07, 6.45) is -1.49. The number of aromatic nitrogens is 2. The van der Waals surface area contributed by atoms with Gasteiger partial charge in [-0.05, 0) is 11.1 Å². The van der Waals surface area contributed by atoms with Crippen molar-refractivity contribution < 1.29 is 101 Å². The summed E-state index contributed by atoms with van der Waals surface area (Å²) >= 11 is 2.11. The van der Waals surface area contributed by atoms with Gasteiger partial charge < -0.3 is 29.3 Å². The molecule has 18 heteroatoms. The smallest absolute Gasteiger partial charge is 0.748 e. The summed E-state index contributed by atoms with van der Waals surface area (Å²) in [5.41, 5.74) is 0.314. The number of carbonyl (C=O) groups excluding carboxylic acids is 3. The van der Waals surface area contributed by atoms with Crippen LogP contribution in [0.5, 0.6) is 0 Å². The van der Waals surface area contributed by atoms with Crippen molar-refractivity contribution in [2.75, 3.05) is 11.5 Å². The van der Waals surface area contributed by atoms with Crippen molar-refractivity contribution in [3.8, 4) is 0 Å². The van der Waals surface area contributed by atoms with Gasteiger partial charge in [-0.25, -0.2) is 8.42 Å². The van der Waals surface area contributed by atoms with Gasteiger partial charge in [-0.2, -0.15) is 0 Å². The molecule has 0 saturated carbocycles. The quantitative estimate of drug-likeness (QED) is 0.121. The molecule has 2 N–H and O–H groups in total. The maximum absolute atomic E-state index is 12.7. The van der Waals surface area contributed by atoms with Gasteiger partial charge in [0, 0.05) is 11.5 Å². The molecule has 3 heterocycles. The van der Waals surface area contributed by atoms with E-state index in [1.54, 1.807) is 30.3 Å². The summed E-state index contributed by atoms with van der Waals surface area (Å²) in [7, 11) is -4.61. The van der Waals surface area contributed by atoms with Crippen molar-refractivity contribution in [1.82, 2.24) is 20.4 Å². The van der Waals surface area contributed by atoms with Crippen LogP contribution in [-0.2, 0) is 30.3 Å². The molecule has 1 aromatic carbocycles. The largest absolute Gasteiger partial charge is 1.00 e. The molecule has 37 heavy (non-hydrogen) atoms. The standard InChI is InChI=1S/C19H18N4O9S3.2Na/c24-14(9-4-2-1-3-5-9)15(25)20-12-16(26)23-13(18(27)28)10(6-33-17(12)23)7-34-19-22-21-11(32-19)8-35(29,30)31;;/h1-5,12,14,17,24H,6-8H2,(H,20,25)(H,27,28)(H,29,30,31);;/q;2*+1/p-2/t12?,14?,17-;;/m1../s1. The number of aliphatic hydroxyl groups is 1. The number of rotatable bonds is 9. The molecule has 2 unspecified atom stereocenters. The molecule has 0 radical (unpaired) electrons. The molecule has 2 amide bonds. The first-order chi connectivity index (χ1) is 16.5.